The van der Waals surface area contributed by atoms with E-state index in [1.807, 2.05) is 4.90 Å². The zero-order valence-electron chi connectivity index (χ0n) is 12.7. The Labute approximate surface area is 125 Å². The van der Waals surface area contributed by atoms with E-state index < -0.39 is 11.6 Å². The third kappa shape index (κ3) is 3.72. The van der Waals surface area contributed by atoms with Gasteiger partial charge in [0.25, 0.3) is 0 Å². The Balaban J connectivity index is 2.33. The summed E-state index contributed by atoms with van der Waals surface area (Å²) in [7, 11) is 0. The normalized spacial score (nSPS) is 15.4. The van der Waals surface area contributed by atoms with Crippen LogP contribution in [-0.4, -0.2) is 12.6 Å². The van der Waals surface area contributed by atoms with Gasteiger partial charge in [-0.05, 0) is 37.3 Å². The number of benzene rings is 1. The number of nitriles is 1. The monoisotopic (exact) mass is 292 g/mol. The smallest absolute Gasteiger partial charge is 0.150 e. The van der Waals surface area contributed by atoms with Gasteiger partial charge in [-0.1, -0.05) is 26.7 Å². The van der Waals surface area contributed by atoms with Gasteiger partial charge in [0, 0.05) is 12.6 Å². The third-order valence-corrected chi connectivity index (χ3v) is 4.15. The first kappa shape index (κ1) is 15.8. The molecule has 0 atom stereocenters. The summed E-state index contributed by atoms with van der Waals surface area (Å²) in [4.78, 5) is 1.89. The first-order valence-corrected chi connectivity index (χ1v) is 7.68. The van der Waals surface area contributed by atoms with Crippen molar-refractivity contribution in [2.45, 2.75) is 52.0 Å². The van der Waals surface area contributed by atoms with Crippen LogP contribution < -0.4 is 4.90 Å². The second-order valence-electron chi connectivity index (χ2n) is 6.21. The van der Waals surface area contributed by atoms with Crippen LogP contribution in [0.5, 0.6) is 0 Å². The second-order valence-corrected chi connectivity index (χ2v) is 6.21. The Kier molecular flexibility index (Phi) is 5.17. The standard InChI is InChI=1S/C17H22F2N2/c1-12(2)7-8-21(14-5-3-4-6-14)17-15(18)9-13(11-20)10-16(17)19/h9-10,12,14H,3-8H2,1-2H3. The molecule has 1 aliphatic carbocycles. The first-order valence-electron chi connectivity index (χ1n) is 7.68. The van der Waals surface area contributed by atoms with E-state index in [1.165, 1.54) is 0 Å². The Morgan fingerprint density at radius 1 is 1.24 bits per heavy atom. The number of hydrogen-bond acceptors (Lipinski definition) is 2. The minimum atomic E-state index is -0.623. The van der Waals surface area contributed by atoms with Crippen molar-refractivity contribution in [2.75, 3.05) is 11.4 Å². The molecule has 2 rings (SSSR count). The lowest BCUT2D eigenvalue weighted by Gasteiger charge is -2.32. The van der Waals surface area contributed by atoms with Crippen molar-refractivity contribution in [1.29, 1.82) is 5.26 Å². The lowest BCUT2D eigenvalue weighted by atomic mass is 10.1. The van der Waals surface area contributed by atoms with E-state index in [9.17, 15) is 8.78 Å². The van der Waals surface area contributed by atoms with Crippen LogP contribution in [0.25, 0.3) is 0 Å². The van der Waals surface area contributed by atoms with Gasteiger partial charge in [0.05, 0.1) is 11.6 Å². The highest BCUT2D eigenvalue weighted by atomic mass is 19.1. The van der Waals surface area contributed by atoms with E-state index in [0.29, 0.717) is 12.5 Å². The van der Waals surface area contributed by atoms with Gasteiger partial charge in [-0.2, -0.15) is 5.26 Å². The largest absolute Gasteiger partial charge is 0.364 e. The zero-order chi connectivity index (χ0) is 15.4. The van der Waals surface area contributed by atoms with Crippen molar-refractivity contribution in [1.82, 2.24) is 0 Å². The molecule has 0 N–H and O–H groups in total. The molecule has 1 fully saturated rings. The summed E-state index contributed by atoms with van der Waals surface area (Å²) in [6, 6.07) is 4.27. The maximum atomic E-state index is 14.3. The molecular formula is C17H22F2N2. The van der Waals surface area contributed by atoms with E-state index >= 15 is 0 Å². The lowest BCUT2D eigenvalue weighted by molar-refractivity contribution is 0.500. The van der Waals surface area contributed by atoms with Crippen molar-refractivity contribution in [2.24, 2.45) is 5.92 Å². The molecule has 2 nitrogen and oxygen atoms in total. The number of nitrogens with zero attached hydrogens (tertiary/aromatic N) is 2. The summed E-state index contributed by atoms with van der Waals surface area (Å²) in [6.07, 6.45) is 5.09. The predicted octanol–water partition coefficient (Wildman–Crippen LogP) is 4.63. The quantitative estimate of drug-likeness (QED) is 0.791. The first-order chi connectivity index (χ1) is 10.0. The highest BCUT2D eigenvalue weighted by molar-refractivity contribution is 5.53. The molecule has 0 aromatic heterocycles. The van der Waals surface area contributed by atoms with E-state index in [-0.39, 0.29) is 17.3 Å². The van der Waals surface area contributed by atoms with E-state index in [2.05, 4.69) is 13.8 Å². The average molecular weight is 292 g/mol. The molecule has 114 valence electrons. The Bertz CT molecular complexity index is 505. The van der Waals surface area contributed by atoms with Crippen LogP contribution in [0.4, 0.5) is 14.5 Å². The van der Waals surface area contributed by atoms with Crippen molar-refractivity contribution in [3.8, 4) is 6.07 Å². The fraction of sp³-hybridized carbons (Fsp3) is 0.588. The van der Waals surface area contributed by atoms with Gasteiger partial charge in [0.2, 0.25) is 0 Å². The molecule has 1 aromatic rings. The van der Waals surface area contributed by atoms with Crippen molar-refractivity contribution >= 4 is 5.69 Å². The molecule has 0 bridgehead atoms. The fourth-order valence-electron chi connectivity index (χ4n) is 2.99. The molecule has 1 aliphatic rings. The van der Waals surface area contributed by atoms with Gasteiger partial charge in [0.15, 0.2) is 11.6 Å². The molecule has 4 heteroatoms. The molecule has 1 saturated carbocycles. The van der Waals surface area contributed by atoms with Gasteiger partial charge in [-0.3, -0.25) is 0 Å². The highest BCUT2D eigenvalue weighted by Crippen LogP contribution is 2.33. The van der Waals surface area contributed by atoms with Crippen molar-refractivity contribution < 1.29 is 8.78 Å². The lowest BCUT2D eigenvalue weighted by Crippen LogP contribution is -2.36. The summed E-state index contributed by atoms with van der Waals surface area (Å²) in [6.45, 7) is 4.87. The Morgan fingerprint density at radius 2 is 1.81 bits per heavy atom. The van der Waals surface area contributed by atoms with Crippen molar-refractivity contribution in [3.63, 3.8) is 0 Å². The van der Waals surface area contributed by atoms with E-state index in [1.54, 1.807) is 6.07 Å². The SMILES string of the molecule is CC(C)CCN(c1c(F)cc(C#N)cc1F)C1CCCC1. The van der Waals surface area contributed by atoms with Gasteiger partial charge < -0.3 is 4.90 Å². The maximum absolute atomic E-state index is 14.3. The molecule has 0 heterocycles. The minimum Gasteiger partial charge on any atom is -0.364 e. The number of anilines is 1. The molecule has 0 amide bonds. The Hall–Kier alpha value is -1.63. The molecule has 0 unspecified atom stereocenters. The topological polar surface area (TPSA) is 27.0 Å². The predicted molar refractivity (Wildman–Crippen MR) is 80.1 cm³/mol. The van der Waals surface area contributed by atoms with Crippen LogP contribution in [0.15, 0.2) is 12.1 Å². The van der Waals surface area contributed by atoms with E-state index in [4.69, 9.17) is 5.26 Å². The van der Waals surface area contributed by atoms with Gasteiger partial charge in [-0.15, -0.1) is 0 Å². The van der Waals surface area contributed by atoms with Crippen LogP contribution in [0.3, 0.4) is 0 Å². The summed E-state index contributed by atoms with van der Waals surface area (Å²) in [5.41, 5.74) is 0.0746. The molecule has 0 aliphatic heterocycles. The number of hydrogen-bond donors (Lipinski definition) is 0. The summed E-state index contributed by atoms with van der Waals surface area (Å²) in [5.74, 6) is -0.761. The zero-order valence-corrected chi connectivity index (χ0v) is 12.7. The van der Waals surface area contributed by atoms with Crippen LogP contribution in [0.2, 0.25) is 0 Å². The number of halogens is 2. The fourth-order valence-corrected chi connectivity index (χ4v) is 2.99. The van der Waals surface area contributed by atoms with Gasteiger partial charge >= 0.3 is 0 Å². The molecule has 1 aromatic carbocycles. The average Bonchev–Trinajstić information content (AvgIpc) is 2.94. The molecule has 0 saturated heterocycles. The highest BCUT2D eigenvalue weighted by Gasteiger charge is 2.27. The van der Waals surface area contributed by atoms with Crippen LogP contribution >= 0.6 is 0 Å². The summed E-state index contributed by atoms with van der Waals surface area (Å²) < 4.78 is 28.6. The minimum absolute atomic E-state index is 0.0315. The van der Waals surface area contributed by atoms with Crippen LogP contribution in [0, 0.1) is 28.9 Å². The van der Waals surface area contributed by atoms with Gasteiger partial charge in [0.1, 0.15) is 5.69 Å². The van der Waals surface area contributed by atoms with E-state index in [0.717, 1.165) is 44.2 Å². The second kappa shape index (κ2) is 6.89. The molecule has 0 spiro atoms. The summed E-state index contributed by atoms with van der Waals surface area (Å²) in [5, 5.41) is 8.81. The van der Waals surface area contributed by atoms with Crippen molar-refractivity contribution in [3.05, 3.63) is 29.3 Å². The van der Waals surface area contributed by atoms with Crippen LogP contribution in [0.1, 0.15) is 51.5 Å². The maximum Gasteiger partial charge on any atom is 0.150 e. The third-order valence-electron chi connectivity index (χ3n) is 4.15. The number of rotatable bonds is 5. The van der Waals surface area contributed by atoms with Crippen LogP contribution in [-0.2, 0) is 0 Å². The van der Waals surface area contributed by atoms with Gasteiger partial charge in [-0.25, -0.2) is 8.78 Å². The molecular weight excluding hydrogens is 270 g/mol. The summed E-state index contributed by atoms with van der Waals surface area (Å²) >= 11 is 0. The Morgan fingerprint density at radius 3 is 2.29 bits per heavy atom. The molecule has 21 heavy (non-hydrogen) atoms. The molecule has 0 radical (unpaired) electrons.